The first-order valence-corrected chi connectivity index (χ1v) is 15.7. The molecule has 1 saturated carbocycles. The number of amides is 1. The van der Waals surface area contributed by atoms with Crippen LogP contribution >= 0.6 is 56.5 Å². The predicted molar refractivity (Wildman–Crippen MR) is 165 cm³/mol. The van der Waals surface area contributed by atoms with Crippen molar-refractivity contribution in [3.05, 3.63) is 76.7 Å². The van der Waals surface area contributed by atoms with Gasteiger partial charge in [-0.1, -0.05) is 49.6 Å². The van der Waals surface area contributed by atoms with Crippen LogP contribution in [0.25, 0.3) is 0 Å². The molecule has 0 atom stereocenters. The number of fused-ring (bicyclic) bond motifs is 1. The van der Waals surface area contributed by atoms with Crippen molar-refractivity contribution in [1.29, 1.82) is 0 Å². The van der Waals surface area contributed by atoms with E-state index in [1.54, 1.807) is 11.3 Å². The molecule has 0 unspecified atom stereocenters. The summed E-state index contributed by atoms with van der Waals surface area (Å²) in [6, 6.07) is 14.7. The molecule has 0 aliphatic heterocycles. The Morgan fingerprint density at radius 3 is 2.50 bits per heavy atom. The highest BCUT2D eigenvalue weighted by molar-refractivity contribution is 14.1. The summed E-state index contributed by atoms with van der Waals surface area (Å²) in [4.78, 5) is 19.7. The molecule has 7 heteroatoms. The largest absolute Gasteiger partial charge is 0.487 e. The molecule has 2 aromatic carbocycles. The van der Waals surface area contributed by atoms with E-state index in [1.165, 1.54) is 36.1 Å². The zero-order chi connectivity index (χ0) is 24.9. The maximum absolute atomic E-state index is 13.4. The lowest BCUT2D eigenvalue weighted by Crippen LogP contribution is -2.36. The molecule has 5 rings (SSSR count). The van der Waals surface area contributed by atoms with Crippen LogP contribution in [0.15, 0.2) is 47.5 Å². The number of benzene rings is 2. The first kappa shape index (κ1) is 26.2. The molecule has 4 nitrogen and oxygen atoms in total. The van der Waals surface area contributed by atoms with Gasteiger partial charge in [-0.25, -0.2) is 4.99 Å². The summed E-state index contributed by atoms with van der Waals surface area (Å²) in [6.07, 6.45) is 12.2. The summed E-state index contributed by atoms with van der Waals surface area (Å²) in [6.45, 7) is 0.542. The third-order valence-corrected chi connectivity index (χ3v) is 9.70. The van der Waals surface area contributed by atoms with E-state index in [1.807, 2.05) is 24.4 Å². The predicted octanol–water partition coefficient (Wildman–Crippen LogP) is 8.23. The first-order chi connectivity index (χ1) is 17.6. The number of hydrogen-bond acceptors (Lipinski definition) is 4. The monoisotopic (exact) mass is 724 g/mol. The Hall–Kier alpha value is -1.46. The van der Waals surface area contributed by atoms with Crippen molar-refractivity contribution >= 4 is 73.6 Å². The standard InChI is InChI=1S/C29H30I2N2O2S/c30-23-15-20(16-24(31)27(23)35-18-19-9-3-1-4-10-19)17-32-29-26(22-13-7-8-14-25(22)36-29)28(34)33-21-11-5-2-6-12-21/h1,3-4,9-10,15-17,21H,2,5-8,11-14,18H2,(H,33,34)/b32-17-. The van der Waals surface area contributed by atoms with Gasteiger partial charge in [-0.3, -0.25) is 4.79 Å². The van der Waals surface area contributed by atoms with Crippen molar-refractivity contribution in [2.45, 2.75) is 70.4 Å². The highest BCUT2D eigenvalue weighted by Crippen LogP contribution is 2.40. The fraction of sp³-hybridized carbons (Fsp3) is 0.379. The quantitative estimate of drug-likeness (QED) is 0.197. The third kappa shape index (κ3) is 6.32. The van der Waals surface area contributed by atoms with Crippen molar-refractivity contribution in [1.82, 2.24) is 5.32 Å². The van der Waals surface area contributed by atoms with Crippen LogP contribution in [-0.2, 0) is 19.4 Å². The maximum Gasteiger partial charge on any atom is 0.254 e. The molecule has 0 bridgehead atoms. The van der Waals surface area contributed by atoms with Crippen LogP contribution < -0.4 is 10.1 Å². The Kier molecular flexibility index (Phi) is 9.00. The van der Waals surface area contributed by atoms with E-state index in [0.29, 0.717) is 12.6 Å². The lowest BCUT2D eigenvalue weighted by molar-refractivity contribution is 0.0927. The van der Waals surface area contributed by atoms with E-state index in [0.717, 1.165) is 66.7 Å². The molecule has 2 aliphatic rings. The Morgan fingerprint density at radius 2 is 1.75 bits per heavy atom. The lowest BCUT2D eigenvalue weighted by atomic mass is 9.93. The second-order valence-corrected chi connectivity index (χ2v) is 13.0. The average molecular weight is 724 g/mol. The van der Waals surface area contributed by atoms with Crippen LogP contribution in [0.1, 0.15) is 76.9 Å². The van der Waals surface area contributed by atoms with E-state index in [4.69, 9.17) is 9.73 Å². The second-order valence-electron chi connectivity index (χ2n) is 9.55. The number of ether oxygens (including phenoxy) is 1. The number of halogens is 2. The smallest absolute Gasteiger partial charge is 0.254 e. The number of nitrogens with one attached hydrogen (secondary N) is 1. The summed E-state index contributed by atoms with van der Waals surface area (Å²) in [7, 11) is 0. The number of carbonyl (C=O) groups excluding carboxylic acids is 1. The summed E-state index contributed by atoms with van der Waals surface area (Å²) in [5.41, 5.74) is 4.22. The molecular formula is C29H30I2N2O2S. The van der Waals surface area contributed by atoms with E-state index in [2.05, 4.69) is 74.8 Å². The molecule has 0 spiro atoms. The van der Waals surface area contributed by atoms with Crippen molar-refractivity contribution < 1.29 is 9.53 Å². The number of nitrogens with zero attached hydrogens (tertiary/aromatic N) is 1. The zero-order valence-corrected chi connectivity index (χ0v) is 25.3. The van der Waals surface area contributed by atoms with Gasteiger partial charge in [0.25, 0.3) is 5.91 Å². The number of aryl methyl sites for hydroxylation is 1. The van der Waals surface area contributed by atoms with Crippen LogP contribution in [0.3, 0.4) is 0 Å². The highest BCUT2D eigenvalue weighted by atomic mass is 127. The summed E-state index contributed by atoms with van der Waals surface area (Å²) < 4.78 is 8.25. The van der Waals surface area contributed by atoms with Gasteiger partial charge in [-0.05, 0) is 113 Å². The van der Waals surface area contributed by atoms with Crippen molar-refractivity contribution in [3.8, 4) is 5.75 Å². The molecular weight excluding hydrogens is 694 g/mol. The molecule has 1 fully saturated rings. The topological polar surface area (TPSA) is 50.7 Å². The van der Waals surface area contributed by atoms with Gasteiger partial charge in [0.15, 0.2) is 0 Å². The van der Waals surface area contributed by atoms with E-state index in [9.17, 15) is 4.79 Å². The minimum atomic E-state index is 0.0715. The first-order valence-electron chi connectivity index (χ1n) is 12.7. The number of aliphatic imine (C=N–C) groups is 1. The van der Waals surface area contributed by atoms with E-state index >= 15 is 0 Å². The summed E-state index contributed by atoms with van der Waals surface area (Å²) in [5.74, 6) is 0.971. The summed E-state index contributed by atoms with van der Waals surface area (Å²) >= 11 is 6.37. The number of hydrogen-bond donors (Lipinski definition) is 1. The average Bonchev–Trinajstić information content (AvgIpc) is 3.27. The SMILES string of the molecule is O=C(NC1CCCCC1)c1c(/N=C\c2cc(I)c(OCc3ccccc3)c(I)c2)sc2c1CCCC2. The number of carbonyl (C=O) groups is 1. The van der Waals surface area contributed by atoms with Gasteiger partial charge in [0, 0.05) is 17.1 Å². The van der Waals surface area contributed by atoms with Gasteiger partial charge >= 0.3 is 0 Å². The van der Waals surface area contributed by atoms with Crippen LogP contribution in [0.4, 0.5) is 5.00 Å². The zero-order valence-electron chi connectivity index (χ0n) is 20.2. The maximum atomic E-state index is 13.4. The van der Waals surface area contributed by atoms with E-state index < -0.39 is 0 Å². The van der Waals surface area contributed by atoms with Gasteiger partial charge in [-0.15, -0.1) is 11.3 Å². The van der Waals surface area contributed by atoms with Gasteiger partial charge in [0.1, 0.15) is 17.4 Å². The Morgan fingerprint density at radius 1 is 1.03 bits per heavy atom. The van der Waals surface area contributed by atoms with Crippen LogP contribution in [-0.4, -0.2) is 18.2 Å². The molecule has 1 amide bonds. The van der Waals surface area contributed by atoms with Gasteiger partial charge in [0.2, 0.25) is 0 Å². The van der Waals surface area contributed by atoms with Crippen LogP contribution in [0, 0.1) is 7.14 Å². The van der Waals surface area contributed by atoms with E-state index in [-0.39, 0.29) is 5.91 Å². The molecule has 0 radical (unpaired) electrons. The third-order valence-electron chi connectivity index (χ3n) is 6.90. The summed E-state index contributed by atoms with van der Waals surface area (Å²) in [5, 5.41) is 4.19. The molecule has 1 N–H and O–H groups in total. The fourth-order valence-electron chi connectivity index (χ4n) is 5.04. The molecule has 3 aromatic rings. The van der Waals surface area contributed by atoms with Crippen molar-refractivity contribution in [2.24, 2.45) is 4.99 Å². The highest BCUT2D eigenvalue weighted by Gasteiger charge is 2.27. The molecule has 2 aliphatic carbocycles. The van der Waals surface area contributed by atoms with Crippen LogP contribution in [0.5, 0.6) is 5.75 Å². The van der Waals surface area contributed by atoms with Gasteiger partial charge in [0.05, 0.1) is 12.7 Å². The second kappa shape index (κ2) is 12.4. The molecule has 0 saturated heterocycles. The Balaban J connectivity index is 1.36. The van der Waals surface area contributed by atoms with Crippen molar-refractivity contribution in [3.63, 3.8) is 0 Å². The van der Waals surface area contributed by atoms with Crippen molar-refractivity contribution in [2.75, 3.05) is 0 Å². The number of rotatable bonds is 7. The molecule has 188 valence electrons. The Labute approximate surface area is 244 Å². The minimum Gasteiger partial charge on any atom is -0.487 e. The molecule has 1 heterocycles. The lowest BCUT2D eigenvalue weighted by Gasteiger charge is -2.23. The number of thiophene rings is 1. The van der Waals surface area contributed by atoms with Gasteiger partial charge in [-0.2, -0.15) is 0 Å². The minimum absolute atomic E-state index is 0.0715. The van der Waals surface area contributed by atoms with Gasteiger partial charge < -0.3 is 10.1 Å². The Bertz CT molecular complexity index is 1230. The fourth-order valence-corrected chi connectivity index (χ4v) is 8.39. The normalized spacial score (nSPS) is 16.2. The van der Waals surface area contributed by atoms with Crippen LogP contribution in [0.2, 0.25) is 0 Å². The molecule has 36 heavy (non-hydrogen) atoms. The molecule has 1 aromatic heterocycles.